The van der Waals surface area contributed by atoms with Crippen LogP contribution in [0.2, 0.25) is 5.02 Å². The van der Waals surface area contributed by atoms with E-state index in [1.54, 1.807) is 25.2 Å². The maximum absolute atomic E-state index is 11.5. The number of nitrogens with one attached hydrogen (secondary N) is 1. The molecule has 17 heavy (non-hydrogen) atoms. The van der Waals surface area contributed by atoms with Crippen LogP contribution in [0.4, 0.5) is 5.82 Å². The number of benzene rings is 1. The van der Waals surface area contributed by atoms with E-state index in [9.17, 15) is 8.42 Å². The minimum Gasteiger partial charge on any atom is -0.373 e. The van der Waals surface area contributed by atoms with Gasteiger partial charge in [-0.25, -0.2) is 13.4 Å². The zero-order valence-electron chi connectivity index (χ0n) is 8.74. The minimum absolute atomic E-state index is 0.0187. The van der Waals surface area contributed by atoms with E-state index in [4.69, 9.17) is 22.3 Å². The third-order valence-corrected chi connectivity index (χ3v) is 3.85. The maximum Gasteiger partial charge on any atom is 0.262 e. The number of halogens is 2. The Kier molecular flexibility index (Phi) is 3.16. The van der Waals surface area contributed by atoms with E-state index in [0.29, 0.717) is 21.7 Å². The third kappa shape index (κ3) is 2.46. The zero-order valence-corrected chi connectivity index (χ0v) is 11.1. The van der Waals surface area contributed by atoms with Crippen LogP contribution in [0.1, 0.15) is 0 Å². The molecule has 1 aromatic carbocycles. The fourth-order valence-corrected chi connectivity index (χ4v) is 2.74. The van der Waals surface area contributed by atoms with Crippen molar-refractivity contribution in [3.05, 3.63) is 29.3 Å². The first-order chi connectivity index (χ1) is 7.91. The standard InChI is InChI=1S/C10H8Cl2N2O2S/c1-13-10-5-9(17(12,15)16)7-3-2-6(11)4-8(7)14-10/h2-5H,1H3,(H,13,14). The molecular weight excluding hydrogens is 283 g/mol. The smallest absolute Gasteiger partial charge is 0.262 e. The number of hydrogen-bond donors (Lipinski definition) is 1. The summed E-state index contributed by atoms with van der Waals surface area (Å²) in [5.74, 6) is 0.416. The van der Waals surface area contributed by atoms with Gasteiger partial charge in [-0.3, -0.25) is 0 Å². The van der Waals surface area contributed by atoms with Gasteiger partial charge in [-0.05, 0) is 18.2 Å². The predicted molar refractivity (Wildman–Crippen MR) is 69.3 cm³/mol. The van der Waals surface area contributed by atoms with Crippen LogP contribution < -0.4 is 5.32 Å². The van der Waals surface area contributed by atoms with Crippen molar-refractivity contribution in [1.29, 1.82) is 0 Å². The molecule has 1 heterocycles. The normalized spacial score (nSPS) is 11.7. The van der Waals surface area contributed by atoms with Crippen molar-refractivity contribution in [2.24, 2.45) is 0 Å². The van der Waals surface area contributed by atoms with E-state index in [0.717, 1.165) is 0 Å². The minimum atomic E-state index is -3.83. The van der Waals surface area contributed by atoms with Crippen molar-refractivity contribution in [3.8, 4) is 0 Å². The van der Waals surface area contributed by atoms with Crippen LogP contribution in [0.25, 0.3) is 10.9 Å². The average molecular weight is 291 g/mol. The monoisotopic (exact) mass is 290 g/mol. The number of anilines is 1. The van der Waals surface area contributed by atoms with Gasteiger partial charge in [0.15, 0.2) is 0 Å². The van der Waals surface area contributed by atoms with Gasteiger partial charge < -0.3 is 5.32 Å². The molecule has 4 nitrogen and oxygen atoms in total. The third-order valence-electron chi connectivity index (χ3n) is 2.25. The Labute approximate surface area is 108 Å². The van der Waals surface area contributed by atoms with Gasteiger partial charge >= 0.3 is 0 Å². The lowest BCUT2D eigenvalue weighted by atomic mass is 10.2. The van der Waals surface area contributed by atoms with Crippen LogP contribution in [-0.4, -0.2) is 20.4 Å². The highest BCUT2D eigenvalue weighted by molar-refractivity contribution is 8.14. The second kappa shape index (κ2) is 4.33. The SMILES string of the molecule is CNc1cc(S(=O)(=O)Cl)c2ccc(Cl)cc2n1. The Morgan fingerprint density at radius 3 is 2.59 bits per heavy atom. The van der Waals surface area contributed by atoms with Crippen LogP contribution in [0, 0.1) is 0 Å². The van der Waals surface area contributed by atoms with Crippen molar-refractivity contribution in [1.82, 2.24) is 4.98 Å². The molecule has 0 atom stereocenters. The number of nitrogens with zero attached hydrogens (tertiary/aromatic N) is 1. The molecule has 2 aromatic rings. The summed E-state index contributed by atoms with van der Waals surface area (Å²) >= 11 is 5.84. The summed E-state index contributed by atoms with van der Waals surface area (Å²) in [7, 11) is 3.21. The van der Waals surface area contributed by atoms with Crippen molar-refractivity contribution in [2.45, 2.75) is 4.90 Å². The Morgan fingerprint density at radius 2 is 2.00 bits per heavy atom. The molecule has 0 radical (unpaired) electrons. The topological polar surface area (TPSA) is 59.1 Å². The lowest BCUT2D eigenvalue weighted by molar-refractivity contribution is 0.610. The summed E-state index contributed by atoms with van der Waals surface area (Å²) in [4.78, 5) is 4.23. The molecule has 0 aliphatic heterocycles. The van der Waals surface area contributed by atoms with E-state index in [-0.39, 0.29) is 4.90 Å². The summed E-state index contributed by atoms with van der Waals surface area (Å²) in [6.07, 6.45) is 0. The van der Waals surface area contributed by atoms with Gasteiger partial charge in [-0.15, -0.1) is 0 Å². The first-order valence-electron chi connectivity index (χ1n) is 4.64. The molecule has 0 amide bonds. The van der Waals surface area contributed by atoms with E-state index >= 15 is 0 Å². The summed E-state index contributed by atoms with van der Waals surface area (Å²) < 4.78 is 23.0. The molecule has 0 aliphatic rings. The maximum atomic E-state index is 11.5. The number of pyridine rings is 1. The van der Waals surface area contributed by atoms with Gasteiger partial charge in [0.25, 0.3) is 9.05 Å². The van der Waals surface area contributed by atoms with E-state index < -0.39 is 9.05 Å². The summed E-state index contributed by atoms with van der Waals surface area (Å²) in [5, 5.41) is 3.70. The molecule has 0 spiro atoms. The van der Waals surface area contributed by atoms with Crippen molar-refractivity contribution >= 4 is 48.1 Å². The van der Waals surface area contributed by atoms with Crippen molar-refractivity contribution in [2.75, 3.05) is 12.4 Å². The van der Waals surface area contributed by atoms with Gasteiger partial charge in [-0.2, -0.15) is 0 Å². The molecule has 90 valence electrons. The largest absolute Gasteiger partial charge is 0.373 e. The Bertz CT molecular complexity index is 686. The van der Waals surface area contributed by atoms with Crippen LogP contribution in [-0.2, 0) is 9.05 Å². The van der Waals surface area contributed by atoms with Crippen LogP contribution in [0.15, 0.2) is 29.2 Å². The van der Waals surface area contributed by atoms with Crippen LogP contribution in [0.5, 0.6) is 0 Å². The molecular formula is C10H8Cl2N2O2S. The van der Waals surface area contributed by atoms with Gasteiger partial charge in [0.1, 0.15) is 5.82 Å². The Hall–Kier alpha value is -1.04. The summed E-state index contributed by atoms with van der Waals surface area (Å²) in [6.45, 7) is 0. The number of rotatable bonds is 2. The lowest BCUT2D eigenvalue weighted by Crippen LogP contribution is -1.99. The highest BCUT2D eigenvalue weighted by Crippen LogP contribution is 2.29. The van der Waals surface area contributed by atoms with Crippen LogP contribution in [0.3, 0.4) is 0 Å². The zero-order chi connectivity index (χ0) is 12.6. The molecule has 1 aromatic heterocycles. The number of aromatic nitrogens is 1. The van der Waals surface area contributed by atoms with Gasteiger partial charge in [0.2, 0.25) is 0 Å². The second-order valence-corrected chi connectivity index (χ2v) is 6.33. The van der Waals surface area contributed by atoms with Gasteiger partial charge in [0, 0.05) is 34.2 Å². The number of fused-ring (bicyclic) bond motifs is 1. The Morgan fingerprint density at radius 1 is 1.29 bits per heavy atom. The highest BCUT2D eigenvalue weighted by atomic mass is 35.7. The average Bonchev–Trinajstić information content (AvgIpc) is 2.25. The van der Waals surface area contributed by atoms with Crippen molar-refractivity contribution in [3.63, 3.8) is 0 Å². The molecule has 7 heteroatoms. The molecule has 0 aliphatic carbocycles. The van der Waals surface area contributed by atoms with E-state index in [1.807, 2.05) is 0 Å². The Balaban J connectivity index is 2.90. The quantitative estimate of drug-likeness (QED) is 0.864. The second-order valence-electron chi connectivity index (χ2n) is 3.35. The summed E-state index contributed by atoms with van der Waals surface area (Å²) in [6, 6.07) is 6.15. The highest BCUT2D eigenvalue weighted by Gasteiger charge is 2.16. The molecule has 1 N–H and O–H groups in total. The first-order valence-corrected chi connectivity index (χ1v) is 7.33. The molecule has 0 bridgehead atoms. The molecule has 0 saturated carbocycles. The lowest BCUT2D eigenvalue weighted by Gasteiger charge is -2.07. The predicted octanol–water partition coefficient (Wildman–Crippen LogP) is 2.86. The fraction of sp³-hybridized carbons (Fsp3) is 0.100. The van der Waals surface area contributed by atoms with Crippen LogP contribution >= 0.6 is 22.3 Å². The number of hydrogen-bond acceptors (Lipinski definition) is 4. The first kappa shape index (κ1) is 12.4. The molecule has 0 fully saturated rings. The van der Waals surface area contributed by atoms with E-state index in [1.165, 1.54) is 6.07 Å². The molecule has 0 unspecified atom stereocenters. The van der Waals surface area contributed by atoms with E-state index in [2.05, 4.69) is 10.3 Å². The van der Waals surface area contributed by atoms with Gasteiger partial charge in [0.05, 0.1) is 10.4 Å². The van der Waals surface area contributed by atoms with Crippen molar-refractivity contribution < 1.29 is 8.42 Å². The molecule has 2 rings (SSSR count). The van der Waals surface area contributed by atoms with Gasteiger partial charge in [-0.1, -0.05) is 11.6 Å². The summed E-state index contributed by atoms with van der Waals surface area (Å²) in [5.41, 5.74) is 0.476. The molecule has 0 saturated heterocycles. The fourth-order valence-electron chi connectivity index (χ4n) is 1.50.